The van der Waals surface area contributed by atoms with Crippen molar-refractivity contribution in [2.45, 2.75) is 38.5 Å². The molecule has 3 aromatic carbocycles. The second-order valence-electron chi connectivity index (χ2n) is 9.92. The Bertz CT molecular complexity index is 1650. The molecule has 10 heteroatoms. The van der Waals surface area contributed by atoms with E-state index in [0.717, 1.165) is 23.0 Å². The molecule has 41 heavy (non-hydrogen) atoms. The highest BCUT2D eigenvalue weighted by atomic mass is 16.5. The average Bonchev–Trinajstić information content (AvgIpc) is 3.51. The minimum absolute atomic E-state index is 0.0927. The molecule has 0 unspecified atom stereocenters. The smallest absolute Gasteiger partial charge is 0.332 e. The van der Waals surface area contributed by atoms with E-state index in [1.54, 1.807) is 37.4 Å². The van der Waals surface area contributed by atoms with E-state index in [1.165, 1.54) is 16.7 Å². The quantitative estimate of drug-likeness (QED) is 0.310. The first-order valence-electron chi connectivity index (χ1n) is 13.6. The summed E-state index contributed by atoms with van der Waals surface area (Å²) in [4.78, 5) is 53.1. The number of aromatic nitrogens is 2. The Labute approximate surface area is 236 Å². The molecule has 212 valence electrons. The van der Waals surface area contributed by atoms with E-state index in [1.807, 2.05) is 30.3 Å². The van der Waals surface area contributed by atoms with E-state index >= 15 is 0 Å². The summed E-state index contributed by atoms with van der Waals surface area (Å²) in [5, 5.41) is 5.90. The maximum atomic E-state index is 13.6. The fraction of sp³-hybridized carbons (Fsp3) is 0.290. The van der Waals surface area contributed by atoms with Gasteiger partial charge in [-0.25, -0.2) is 4.79 Å². The molecule has 1 aromatic heterocycles. The highest BCUT2D eigenvalue weighted by molar-refractivity contribution is 5.98. The Morgan fingerprint density at radius 1 is 1.00 bits per heavy atom. The van der Waals surface area contributed by atoms with Gasteiger partial charge >= 0.3 is 5.69 Å². The normalized spacial score (nSPS) is 14.6. The number of ether oxygens (including phenoxy) is 2. The molecule has 1 aliphatic heterocycles. The third kappa shape index (κ3) is 6.55. The molecule has 0 saturated carbocycles. The molecule has 2 N–H and O–H groups in total. The summed E-state index contributed by atoms with van der Waals surface area (Å²) >= 11 is 0. The third-order valence-corrected chi connectivity index (χ3v) is 7.12. The average molecular weight is 557 g/mol. The van der Waals surface area contributed by atoms with E-state index in [-0.39, 0.29) is 41.6 Å². The number of nitrogens with zero attached hydrogens (tertiary/aromatic N) is 2. The Hall–Kier alpha value is -4.70. The van der Waals surface area contributed by atoms with Crippen LogP contribution in [-0.2, 0) is 29.0 Å². The number of amides is 2. The van der Waals surface area contributed by atoms with Crippen LogP contribution >= 0.6 is 0 Å². The molecule has 5 rings (SSSR count). The van der Waals surface area contributed by atoms with Crippen molar-refractivity contribution >= 4 is 28.4 Å². The molecule has 1 fully saturated rings. The molecule has 2 heterocycles. The van der Waals surface area contributed by atoms with Crippen LogP contribution in [0.2, 0.25) is 0 Å². The van der Waals surface area contributed by atoms with Crippen LogP contribution in [0.25, 0.3) is 10.9 Å². The Kier molecular flexibility index (Phi) is 8.59. The van der Waals surface area contributed by atoms with Crippen LogP contribution < -0.4 is 26.6 Å². The maximum absolute atomic E-state index is 13.6. The van der Waals surface area contributed by atoms with Crippen molar-refractivity contribution in [2.75, 3.05) is 25.6 Å². The summed E-state index contributed by atoms with van der Waals surface area (Å²) in [6, 6.07) is 21.2. The van der Waals surface area contributed by atoms with E-state index in [2.05, 4.69) is 10.6 Å². The number of rotatable bonds is 10. The summed E-state index contributed by atoms with van der Waals surface area (Å²) in [6.07, 6.45) is 2.00. The molecule has 4 aromatic rings. The maximum Gasteiger partial charge on any atom is 0.332 e. The standard InChI is InChI=1S/C31H32N4O6/c1-40-24-12-10-23(11-13-24)33-28(36)20-34-27-18-22(29(37)32-16-15-21-6-3-2-4-7-21)9-14-26(27)30(38)35(31(34)39)19-25-8-5-17-41-25/h2-4,6-7,9-14,18,25H,5,8,15-17,19-20H2,1H3,(H,32,37)(H,33,36)/t25-/m0/s1. The topological polar surface area (TPSA) is 121 Å². The second-order valence-corrected chi connectivity index (χ2v) is 9.92. The van der Waals surface area contributed by atoms with E-state index < -0.39 is 17.2 Å². The fourth-order valence-electron chi connectivity index (χ4n) is 4.95. The number of hydrogen-bond donors (Lipinski definition) is 2. The van der Waals surface area contributed by atoms with Crippen molar-refractivity contribution in [3.05, 3.63) is 105 Å². The lowest BCUT2D eigenvalue weighted by Crippen LogP contribution is -2.43. The highest BCUT2D eigenvalue weighted by Crippen LogP contribution is 2.17. The summed E-state index contributed by atoms with van der Waals surface area (Å²) in [5.74, 6) is -0.160. The molecule has 1 atom stereocenters. The summed E-state index contributed by atoms with van der Waals surface area (Å²) in [6.45, 7) is 0.733. The van der Waals surface area contributed by atoms with Crippen LogP contribution in [0.15, 0.2) is 82.4 Å². The lowest BCUT2D eigenvalue weighted by Gasteiger charge is -2.17. The zero-order valence-corrected chi connectivity index (χ0v) is 22.8. The Morgan fingerprint density at radius 3 is 2.49 bits per heavy atom. The van der Waals surface area contributed by atoms with Gasteiger partial charge < -0.3 is 20.1 Å². The van der Waals surface area contributed by atoms with Gasteiger partial charge in [-0.1, -0.05) is 30.3 Å². The van der Waals surface area contributed by atoms with Gasteiger partial charge in [0.25, 0.3) is 11.5 Å². The van der Waals surface area contributed by atoms with Crippen LogP contribution in [0, 0.1) is 0 Å². The third-order valence-electron chi connectivity index (χ3n) is 7.12. The lowest BCUT2D eigenvalue weighted by molar-refractivity contribution is -0.116. The van der Waals surface area contributed by atoms with E-state index in [9.17, 15) is 19.2 Å². The SMILES string of the molecule is COc1ccc(NC(=O)Cn2c(=O)n(C[C@@H]3CCCO3)c(=O)c3ccc(C(=O)NCCc4ccccc4)cc32)cc1. The molecular weight excluding hydrogens is 524 g/mol. The van der Waals surface area contributed by atoms with Gasteiger partial charge in [-0.3, -0.25) is 23.5 Å². The van der Waals surface area contributed by atoms with Gasteiger partial charge in [0.05, 0.1) is 30.7 Å². The highest BCUT2D eigenvalue weighted by Gasteiger charge is 2.22. The van der Waals surface area contributed by atoms with Crippen LogP contribution in [0.5, 0.6) is 5.75 Å². The van der Waals surface area contributed by atoms with Crippen molar-refractivity contribution in [1.29, 1.82) is 0 Å². The number of hydrogen-bond acceptors (Lipinski definition) is 6. The number of benzene rings is 3. The van der Waals surface area contributed by atoms with E-state index in [4.69, 9.17) is 9.47 Å². The van der Waals surface area contributed by atoms with Gasteiger partial charge in [0, 0.05) is 24.4 Å². The van der Waals surface area contributed by atoms with Gasteiger partial charge in [-0.15, -0.1) is 0 Å². The second kappa shape index (κ2) is 12.6. The van der Waals surface area contributed by atoms with Crippen molar-refractivity contribution in [1.82, 2.24) is 14.5 Å². The van der Waals surface area contributed by atoms with E-state index in [0.29, 0.717) is 31.0 Å². The first-order chi connectivity index (χ1) is 19.9. The summed E-state index contributed by atoms with van der Waals surface area (Å²) in [5.41, 5.74) is 0.997. The lowest BCUT2D eigenvalue weighted by atomic mass is 10.1. The van der Waals surface area contributed by atoms with Crippen LogP contribution in [0.3, 0.4) is 0 Å². The Morgan fingerprint density at radius 2 is 1.78 bits per heavy atom. The Balaban J connectivity index is 1.45. The molecule has 0 spiro atoms. The minimum atomic E-state index is -0.635. The largest absolute Gasteiger partial charge is 0.497 e. The number of carbonyl (C=O) groups excluding carboxylic acids is 2. The number of nitrogens with one attached hydrogen (secondary N) is 2. The van der Waals surface area contributed by atoms with Crippen molar-refractivity contribution in [3.8, 4) is 5.75 Å². The van der Waals surface area contributed by atoms with Gasteiger partial charge in [0.15, 0.2) is 0 Å². The summed E-state index contributed by atoms with van der Waals surface area (Å²) < 4.78 is 13.2. The first kappa shape index (κ1) is 27.9. The van der Waals surface area contributed by atoms with Crippen LogP contribution in [-0.4, -0.2) is 47.3 Å². The molecular formula is C31H32N4O6. The van der Waals surface area contributed by atoms with Gasteiger partial charge in [0.2, 0.25) is 5.91 Å². The monoisotopic (exact) mass is 556 g/mol. The predicted molar refractivity (Wildman–Crippen MR) is 156 cm³/mol. The van der Waals surface area contributed by atoms with Gasteiger partial charge in [-0.05, 0) is 67.3 Å². The molecule has 1 aliphatic rings. The molecule has 2 amide bonds. The number of fused-ring (bicyclic) bond motifs is 1. The van der Waals surface area contributed by atoms with Crippen LogP contribution in [0.4, 0.5) is 5.69 Å². The number of carbonyl (C=O) groups is 2. The van der Waals surface area contributed by atoms with Gasteiger partial charge in [-0.2, -0.15) is 0 Å². The number of methoxy groups -OCH3 is 1. The molecule has 0 bridgehead atoms. The zero-order chi connectivity index (χ0) is 28.8. The van der Waals surface area contributed by atoms with Crippen LogP contribution in [0.1, 0.15) is 28.8 Å². The predicted octanol–water partition coefficient (Wildman–Crippen LogP) is 2.96. The van der Waals surface area contributed by atoms with Gasteiger partial charge in [0.1, 0.15) is 12.3 Å². The van der Waals surface area contributed by atoms with Crippen molar-refractivity contribution in [3.63, 3.8) is 0 Å². The zero-order valence-electron chi connectivity index (χ0n) is 22.8. The number of anilines is 1. The molecule has 10 nitrogen and oxygen atoms in total. The first-order valence-corrected chi connectivity index (χ1v) is 13.6. The minimum Gasteiger partial charge on any atom is -0.497 e. The molecule has 0 aliphatic carbocycles. The van der Waals surface area contributed by atoms with Crippen molar-refractivity contribution < 1.29 is 19.1 Å². The molecule has 1 saturated heterocycles. The fourth-order valence-corrected chi connectivity index (χ4v) is 4.95. The van der Waals surface area contributed by atoms with Crippen molar-refractivity contribution in [2.24, 2.45) is 0 Å². The molecule has 0 radical (unpaired) electrons. The summed E-state index contributed by atoms with van der Waals surface area (Å²) in [7, 11) is 1.55.